The Morgan fingerprint density at radius 1 is 1.36 bits per heavy atom. The van der Waals surface area contributed by atoms with Crippen LogP contribution in [0.5, 0.6) is 0 Å². The fourth-order valence-corrected chi connectivity index (χ4v) is 0.333. The molecule has 11 heavy (non-hydrogen) atoms. The zero-order valence-corrected chi connectivity index (χ0v) is 5.74. The first-order chi connectivity index (χ1) is 4.46. The molecule has 6 heteroatoms. The minimum absolute atomic E-state index is 0. The third kappa shape index (κ3) is 4.36. The van der Waals surface area contributed by atoms with Gasteiger partial charge in [0.15, 0.2) is 0 Å². The van der Waals surface area contributed by atoms with Crippen molar-refractivity contribution in [3.8, 4) is 0 Å². The third-order valence-corrected chi connectivity index (χ3v) is 0.880. The van der Waals surface area contributed by atoms with Gasteiger partial charge in [-0.2, -0.15) is 0 Å². The molecule has 0 aromatic rings. The third-order valence-electron chi connectivity index (χ3n) is 0.880. The van der Waals surface area contributed by atoms with E-state index >= 15 is 0 Å². The summed E-state index contributed by atoms with van der Waals surface area (Å²) in [6, 6.07) is -0.511. The van der Waals surface area contributed by atoms with Crippen LogP contribution in [0.4, 0.5) is 0 Å². The zero-order valence-electron chi connectivity index (χ0n) is 5.74. The Kier molecular flexibility index (Phi) is 6.79. The Balaban J connectivity index is 0. The summed E-state index contributed by atoms with van der Waals surface area (Å²) in [6.45, 7) is 3.00. The van der Waals surface area contributed by atoms with Gasteiger partial charge in [0, 0.05) is 0 Å². The summed E-state index contributed by atoms with van der Waals surface area (Å²) in [7, 11) is 0. The predicted molar refractivity (Wildman–Crippen MR) is 38.6 cm³/mol. The molecule has 0 saturated carbocycles. The second-order valence-electron chi connectivity index (χ2n) is 2.05. The number of carboxylic acid groups (broad SMARTS) is 1. The van der Waals surface area contributed by atoms with Crippen molar-refractivity contribution < 1.29 is 19.9 Å². The van der Waals surface area contributed by atoms with Crippen molar-refractivity contribution in [1.82, 2.24) is 5.06 Å². The summed E-state index contributed by atoms with van der Waals surface area (Å²) in [6.07, 6.45) is 0. The van der Waals surface area contributed by atoms with Gasteiger partial charge < -0.3 is 5.11 Å². The van der Waals surface area contributed by atoms with Crippen LogP contribution in [0.2, 0.25) is 0 Å². The van der Waals surface area contributed by atoms with Gasteiger partial charge in [0.1, 0.15) is 0 Å². The summed E-state index contributed by atoms with van der Waals surface area (Å²) in [5.74, 6) is -2.97. The van der Waals surface area contributed by atoms with E-state index in [-0.39, 0.29) is 34.6 Å². The van der Waals surface area contributed by atoms with Crippen LogP contribution >= 0.6 is 0 Å². The SMILES string of the molecule is CC(C)N(O)C(=O)C(=O)O.[NaH]. The van der Waals surface area contributed by atoms with E-state index in [0.717, 1.165) is 0 Å². The van der Waals surface area contributed by atoms with Gasteiger partial charge in [0.05, 0.1) is 6.04 Å². The van der Waals surface area contributed by atoms with Crippen LogP contribution in [-0.2, 0) is 9.59 Å². The molecule has 0 rings (SSSR count). The number of carbonyl (C=O) groups is 2. The van der Waals surface area contributed by atoms with E-state index in [0.29, 0.717) is 0 Å². The van der Waals surface area contributed by atoms with E-state index in [1.807, 2.05) is 0 Å². The first kappa shape index (κ1) is 13.5. The van der Waals surface area contributed by atoms with E-state index in [1.165, 1.54) is 13.8 Å². The van der Waals surface area contributed by atoms with Gasteiger partial charge >= 0.3 is 41.4 Å². The van der Waals surface area contributed by atoms with E-state index in [4.69, 9.17) is 10.3 Å². The second-order valence-corrected chi connectivity index (χ2v) is 2.05. The van der Waals surface area contributed by atoms with Gasteiger partial charge in [-0.3, -0.25) is 10.0 Å². The van der Waals surface area contributed by atoms with E-state index in [9.17, 15) is 9.59 Å². The maximum atomic E-state index is 10.4. The Morgan fingerprint density at radius 3 is 1.82 bits per heavy atom. The standard InChI is InChI=1S/C5H9NO4.Na.H/c1-3(2)6(10)4(7)5(8)9;;/h3,10H,1-2H3,(H,8,9);;. The molecule has 0 spiro atoms. The van der Waals surface area contributed by atoms with Gasteiger partial charge in [-0.1, -0.05) is 0 Å². The fraction of sp³-hybridized carbons (Fsp3) is 0.600. The minimum atomic E-state index is -1.66. The maximum absolute atomic E-state index is 10.4. The fourth-order valence-electron chi connectivity index (χ4n) is 0.333. The van der Waals surface area contributed by atoms with Gasteiger partial charge in [0.2, 0.25) is 0 Å². The van der Waals surface area contributed by atoms with Crippen molar-refractivity contribution in [2.45, 2.75) is 19.9 Å². The number of nitrogens with zero attached hydrogens (tertiary/aromatic N) is 1. The van der Waals surface area contributed by atoms with Crippen LogP contribution in [-0.4, -0.2) is 62.9 Å². The molecule has 0 aromatic carbocycles. The van der Waals surface area contributed by atoms with E-state index in [2.05, 4.69) is 0 Å². The van der Waals surface area contributed by atoms with Crippen molar-refractivity contribution in [2.75, 3.05) is 0 Å². The van der Waals surface area contributed by atoms with Crippen molar-refractivity contribution in [3.05, 3.63) is 0 Å². The molecule has 5 nitrogen and oxygen atoms in total. The van der Waals surface area contributed by atoms with Crippen molar-refractivity contribution in [1.29, 1.82) is 0 Å². The van der Waals surface area contributed by atoms with Gasteiger partial charge in [0.25, 0.3) is 0 Å². The normalized spacial score (nSPS) is 8.73. The molecule has 0 bridgehead atoms. The number of carboxylic acids is 1. The Labute approximate surface area is 86.2 Å². The zero-order chi connectivity index (χ0) is 8.31. The number of rotatable bonds is 1. The topological polar surface area (TPSA) is 77.8 Å². The Hall–Kier alpha value is -0.100. The Bertz CT molecular complexity index is 159. The molecule has 0 aliphatic rings. The quantitative estimate of drug-likeness (QED) is 0.231. The molecule has 0 unspecified atom stereocenters. The number of hydroxylamine groups is 2. The van der Waals surface area contributed by atoms with Crippen LogP contribution in [0, 0.1) is 0 Å². The number of amides is 1. The molecule has 0 saturated heterocycles. The van der Waals surface area contributed by atoms with Crippen molar-refractivity contribution in [3.63, 3.8) is 0 Å². The number of hydrogen-bond acceptors (Lipinski definition) is 3. The van der Waals surface area contributed by atoms with Crippen LogP contribution in [0.25, 0.3) is 0 Å². The predicted octanol–water partition coefficient (Wildman–Crippen LogP) is -0.951. The van der Waals surface area contributed by atoms with Crippen LogP contribution < -0.4 is 0 Å². The van der Waals surface area contributed by atoms with Crippen molar-refractivity contribution in [2.24, 2.45) is 0 Å². The van der Waals surface area contributed by atoms with Crippen LogP contribution in [0.15, 0.2) is 0 Å². The first-order valence-electron chi connectivity index (χ1n) is 2.72. The summed E-state index contributed by atoms with van der Waals surface area (Å²) >= 11 is 0. The van der Waals surface area contributed by atoms with Gasteiger partial charge in [-0.15, -0.1) is 0 Å². The summed E-state index contributed by atoms with van der Waals surface area (Å²) < 4.78 is 0. The summed E-state index contributed by atoms with van der Waals surface area (Å²) in [4.78, 5) is 20.3. The molecular formula is C5H10NNaO4. The second kappa shape index (κ2) is 5.54. The summed E-state index contributed by atoms with van der Waals surface area (Å²) in [5, 5.41) is 16.9. The molecule has 0 heterocycles. The monoisotopic (exact) mass is 171 g/mol. The molecule has 0 radical (unpaired) electrons. The Morgan fingerprint density at radius 2 is 1.73 bits per heavy atom. The average molecular weight is 171 g/mol. The number of aliphatic carboxylic acids is 1. The first-order valence-corrected chi connectivity index (χ1v) is 2.72. The van der Waals surface area contributed by atoms with E-state index < -0.39 is 17.9 Å². The number of carbonyl (C=O) groups excluding carboxylic acids is 1. The van der Waals surface area contributed by atoms with Crippen molar-refractivity contribution >= 4 is 41.4 Å². The van der Waals surface area contributed by atoms with Crippen LogP contribution in [0.3, 0.4) is 0 Å². The molecule has 0 aliphatic heterocycles. The molecule has 1 amide bonds. The molecule has 0 aliphatic carbocycles. The molecule has 0 fully saturated rings. The molecule has 0 atom stereocenters. The number of hydrogen-bond donors (Lipinski definition) is 2. The van der Waals surface area contributed by atoms with Gasteiger partial charge in [-0.05, 0) is 13.8 Å². The molecular weight excluding hydrogens is 161 g/mol. The van der Waals surface area contributed by atoms with Crippen LogP contribution in [0.1, 0.15) is 13.8 Å². The summed E-state index contributed by atoms with van der Waals surface area (Å²) in [5.41, 5.74) is 0. The average Bonchev–Trinajstić information content (AvgIpc) is 1.84. The molecule has 2 N–H and O–H groups in total. The molecule has 60 valence electrons. The van der Waals surface area contributed by atoms with Gasteiger partial charge in [-0.25, -0.2) is 9.86 Å². The molecule has 0 aromatic heterocycles. The van der Waals surface area contributed by atoms with E-state index in [1.54, 1.807) is 0 Å².